The van der Waals surface area contributed by atoms with Gasteiger partial charge in [-0.3, -0.25) is 10.0 Å². The summed E-state index contributed by atoms with van der Waals surface area (Å²) >= 11 is 0. The molecule has 2 N–H and O–H groups in total. The molecule has 1 heterocycles. The van der Waals surface area contributed by atoms with E-state index in [-0.39, 0.29) is 0 Å². The molecule has 0 saturated heterocycles. The molecule has 0 spiro atoms. The summed E-state index contributed by atoms with van der Waals surface area (Å²) in [5.41, 5.74) is 5.19. The van der Waals surface area contributed by atoms with Gasteiger partial charge in [0.25, 0.3) is 5.91 Å². The van der Waals surface area contributed by atoms with Crippen LogP contribution in [0.1, 0.15) is 30.1 Å². The van der Waals surface area contributed by atoms with Gasteiger partial charge in [0, 0.05) is 12.0 Å². The van der Waals surface area contributed by atoms with Gasteiger partial charge in [0.15, 0.2) is 0 Å². The summed E-state index contributed by atoms with van der Waals surface area (Å²) in [6, 6.07) is 18.8. The quantitative estimate of drug-likeness (QED) is 0.489. The van der Waals surface area contributed by atoms with E-state index >= 15 is 0 Å². The van der Waals surface area contributed by atoms with Crippen LogP contribution in [0.5, 0.6) is 0 Å². The van der Waals surface area contributed by atoms with E-state index in [1.54, 1.807) is 10.2 Å². The van der Waals surface area contributed by atoms with Crippen LogP contribution in [0, 0.1) is 5.92 Å². The average Bonchev–Trinajstić information content (AvgIpc) is 3.49. The Morgan fingerprint density at radius 3 is 2.46 bits per heavy atom. The monoisotopic (exact) mass is 374 g/mol. The zero-order valence-corrected chi connectivity index (χ0v) is 15.4. The van der Waals surface area contributed by atoms with Gasteiger partial charge in [-0.25, -0.2) is 10.2 Å². The minimum atomic E-state index is -0.712. The molecule has 0 unspecified atom stereocenters. The number of aromatic nitrogens is 3. The van der Waals surface area contributed by atoms with Gasteiger partial charge in [-0.2, -0.15) is 0 Å². The fourth-order valence-corrected chi connectivity index (χ4v) is 3.21. The van der Waals surface area contributed by atoms with E-state index in [9.17, 15) is 10.0 Å². The van der Waals surface area contributed by atoms with Gasteiger partial charge in [0.05, 0.1) is 5.69 Å². The summed E-state index contributed by atoms with van der Waals surface area (Å²) in [6.45, 7) is 0. The van der Waals surface area contributed by atoms with Crippen molar-refractivity contribution in [2.24, 2.45) is 5.92 Å². The molecule has 0 radical (unpaired) electrons. The second kappa shape index (κ2) is 8.19. The molecule has 3 aromatic rings. The number of carbonyl (C=O) groups is 1. The van der Waals surface area contributed by atoms with Crippen LogP contribution >= 0.6 is 0 Å². The third-order valence-corrected chi connectivity index (χ3v) is 4.91. The van der Waals surface area contributed by atoms with Gasteiger partial charge < -0.3 is 0 Å². The standard InChI is InChI=1S/C22H22N4O2/c27-22(24-28)20(15-17-7-3-1-4-8-17)26-19(14-13-16-11-12-16)21(23-25-26)18-9-5-2-6-10-18/h1-10,13-14,16,20,28H,11-12,15H2,(H,24,27)/b14-13+/t20-/m0/s1. The number of nitrogens with zero attached hydrogens (tertiary/aromatic N) is 3. The van der Waals surface area contributed by atoms with Crippen LogP contribution in [0.25, 0.3) is 17.3 Å². The van der Waals surface area contributed by atoms with Crippen LogP contribution in [-0.2, 0) is 11.2 Å². The maximum Gasteiger partial charge on any atom is 0.268 e. The molecule has 1 saturated carbocycles. The number of nitrogens with one attached hydrogen (secondary N) is 1. The lowest BCUT2D eigenvalue weighted by molar-refractivity contribution is -0.133. The first-order valence-corrected chi connectivity index (χ1v) is 9.43. The molecule has 6 nitrogen and oxygen atoms in total. The summed E-state index contributed by atoms with van der Waals surface area (Å²) in [7, 11) is 0. The summed E-state index contributed by atoms with van der Waals surface area (Å²) < 4.78 is 1.61. The van der Waals surface area contributed by atoms with E-state index in [1.807, 2.05) is 66.7 Å². The van der Waals surface area contributed by atoms with Crippen molar-refractivity contribution in [2.45, 2.75) is 25.3 Å². The molecule has 142 valence electrons. The Bertz CT molecular complexity index is 963. The van der Waals surface area contributed by atoms with Crippen molar-refractivity contribution >= 4 is 12.0 Å². The minimum Gasteiger partial charge on any atom is -0.289 e. The molecule has 1 atom stereocenters. The van der Waals surface area contributed by atoms with Crippen molar-refractivity contribution in [3.8, 4) is 11.3 Å². The Labute approximate surface area is 163 Å². The van der Waals surface area contributed by atoms with Crippen LogP contribution < -0.4 is 5.48 Å². The molecular formula is C22H22N4O2. The number of carbonyl (C=O) groups excluding carboxylic acids is 1. The number of rotatable bonds is 7. The van der Waals surface area contributed by atoms with Gasteiger partial charge in [-0.15, -0.1) is 5.10 Å². The molecule has 1 fully saturated rings. The molecule has 1 amide bonds. The number of hydrogen-bond acceptors (Lipinski definition) is 4. The van der Waals surface area contributed by atoms with E-state index in [2.05, 4.69) is 16.4 Å². The first-order chi connectivity index (χ1) is 13.8. The lowest BCUT2D eigenvalue weighted by Crippen LogP contribution is -2.33. The lowest BCUT2D eigenvalue weighted by Gasteiger charge is -2.17. The fourth-order valence-electron chi connectivity index (χ4n) is 3.21. The van der Waals surface area contributed by atoms with Gasteiger partial charge in [0.2, 0.25) is 0 Å². The summed E-state index contributed by atoms with van der Waals surface area (Å²) in [4.78, 5) is 12.5. The van der Waals surface area contributed by atoms with Crippen LogP contribution in [0.15, 0.2) is 66.7 Å². The molecular weight excluding hydrogens is 352 g/mol. The Kier molecular flexibility index (Phi) is 5.30. The Balaban J connectivity index is 1.76. The maximum absolute atomic E-state index is 12.5. The molecule has 1 aromatic heterocycles. The highest BCUT2D eigenvalue weighted by atomic mass is 16.5. The number of amides is 1. The third-order valence-electron chi connectivity index (χ3n) is 4.91. The van der Waals surface area contributed by atoms with E-state index in [4.69, 9.17) is 0 Å². The predicted octanol–water partition coefficient (Wildman–Crippen LogP) is 3.66. The molecule has 2 aromatic carbocycles. The van der Waals surface area contributed by atoms with Gasteiger partial charge in [-0.05, 0) is 30.4 Å². The highest BCUT2D eigenvalue weighted by Crippen LogP contribution is 2.32. The molecule has 28 heavy (non-hydrogen) atoms. The van der Waals surface area contributed by atoms with Crippen molar-refractivity contribution in [1.29, 1.82) is 0 Å². The summed E-state index contributed by atoms with van der Waals surface area (Å²) in [5.74, 6) is 0.0562. The minimum absolute atomic E-state index is 0.398. The molecule has 4 rings (SSSR count). The van der Waals surface area contributed by atoms with Gasteiger partial charge >= 0.3 is 0 Å². The second-order valence-electron chi connectivity index (χ2n) is 7.01. The van der Waals surface area contributed by atoms with Gasteiger partial charge in [-0.1, -0.05) is 72.0 Å². The first-order valence-electron chi connectivity index (χ1n) is 9.43. The topological polar surface area (TPSA) is 80.0 Å². The summed E-state index contributed by atoms with van der Waals surface area (Å²) in [5, 5.41) is 18.0. The predicted molar refractivity (Wildman–Crippen MR) is 106 cm³/mol. The zero-order valence-electron chi connectivity index (χ0n) is 15.4. The smallest absolute Gasteiger partial charge is 0.268 e. The molecule has 0 bridgehead atoms. The highest BCUT2D eigenvalue weighted by Gasteiger charge is 2.27. The zero-order chi connectivity index (χ0) is 19.3. The van der Waals surface area contributed by atoms with Crippen LogP contribution in [0.4, 0.5) is 0 Å². The number of allylic oxidation sites excluding steroid dienone is 1. The summed E-state index contributed by atoms with van der Waals surface area (Å²) in [6.07, 6.45) is 6.92. The van der Waals surface area contributed by atoms with E-state index in [0.29, 0.717) is 12.3 Å². The molecule has 6 heteroatoms. The highest BCUT2D eigenvalue weighted by molar-refractivity contribution is 5.80. The third kappa shape index (κ3) is 4.02. The van der Waals surface area contributed by atoms with Crippen molar-refractivity contribution < 1.29 is 10.0 Å². The molecule has 1 aliphatic carbocycles. The lowest BCUT2D eigenvalue weighted by atomic mass is 10.0. The van der Waals surface area contributed by atoms with Crippen molar-refractivity contribution in [3.63, 3.8) is 0 Å². The Morgan fingerprint density at radius 1 is 1.14 bits per heavy atom. The SMILES string of the molecule is O=C(NO)[C@H](Cc1ccccc1)n1nnc(-c2ccccc2)c1/C=C/C1CC1. The second-order valence-corrected chi connectivity index (χ2v) is 7.01. The van der Waals surface area contributed by atoms with E-state index in [1.165, 1.54) is 12.8 Å². The number of hydrogen-bond donors (Lipinski definition) is 2. The van der Waals surface area contributed by atoms with Crippen LogP contribution in [-0.4, -0.2) is 26.1 Å². The maximum atomic E-state index is 12.5. The average molecular weight is 374 g/mol. The molecule has 0 aliphatic heterocycles. The Hall–Kier alpha value is -3.25. The van der Waals surface area contributed by atoms with Crippen molar-refractivity contribution in [2.75, 3.05) is 0 Å². The largest absolute Gasteiger partial charge is 0.289 e. The first kappa shape index (κ1) is 18.1. The number of benzene rings is 2. The van der Waals surface area contributed by atoms with Gasteiger partial charge in [0.1, 0.15) is 11.7 Å². The van der Waals surface area contributed by atoms with Crippen molar-refractivity contribution in [1.82, 2.24) is 20.5 Å². The number of hydroxylamine groups is 1. The van der Waals surface area contributed by atoms with Crippen molar-refractivity contribution in [3.05, 3.63) is 78.0 Å². The Morgan fingerprint density at radius 2 is 1.82 bits per heavy atom. The normalized spacial score (nSPS) is 14.9. The van der Waals surface area contributed by atoms with Crippen LogP contribution in [0.3, 0.4) is 0 Å². The fraction of sp³-hybridized carbons (Fsp3) is 0.227. The van der Waals surface area contributed by atoms with E-state index < -0.39 is 11.9 Å². The van der Waals surface area contributed by atoms with Crippen LogP contribution in [0.2, 0.25) is 0 Å². The van der Waals surface area contributed by atoms with E-state index in [0.717, 1.165) is 22.5 Å². The molecule has 1 aliphatic rings.